The Morgan fingerprint density at radius 1 is 1.33 bits per heavy atom. The van der Waals surface area contributed by atoms with Crippen molar-refractivity contribution in [1.29, 1.82) is 0 Å². The number of rotatable bonds is 5. The molecule has 3 rings (SSSR count). The summed E-state index contributed by atoms with van der Waals surface area (Å²) in [7, 11) is 5.52. The number of nitrogens with zero attached hydrogens (tertiary/aromatic N) is 4. The van der Waals surface area contributed by atoms with Crippen molar-refractivity contribution in [2.45, 2.75) is 26.5 Å². The summed E-state index contributed by atoms with van der Waals surface area (Å²) in [5.41, 5.74) is 1.33. The van der Waals surface area contributed by atoms with Gasteiger partial charge in [-0.15, -0.1) is 11.3 Å². The van der Waals surface area contributed by atoms with Crippen LogP contribution in [0.5, 0.6) is 0 Å². The summed E-state index contributed by atoms with van der Waals surface area (Å²) >= 11 is 7.36. The molecule has 2 aromatic rings. The average Bonchev–Trinajstić information content (AvgIpc) is 3.21. The molecule has 0 fully saturated rings. The zero-order valence-corrected chi connectivity index (χ0v) is 17.5. The molecule has 1 atom stereocenters. The molecule has 0 amide bonds. The van der Waals surface area contributed by atoms with Crippen molar-refractivity contribution in [3.63, 3.8) is 0 Å². The topological polar surface area (TPSA) is 78.8 Å². The van der Waals surface area contributed by atoms with E-state index in [2.05, 4.69) is 9.97 Å². The normalized spacial score (nSPS) is 15.9. The van der Waals surface area contributed by atoms with Crippen LogP contribution < -0.4 is 4.90 Å². The number of halogens is 1. The van der Waals surface area contributed by atoms with Gasteiger partial charge < -0.3 is 19.6 Å². The number of aliphatic carboxylic acids is 1. The molecule has 7 nitrogen and oxygen atoms in total. The molecular weight excluding hydrogens is 388 g/mol. The zero-order chi connectivity index (χ0) is 20.1. The summed E-state index contributed by atoms with van der Waals surface area (Å²) < 4.78 is 6.69. The molecule has 0 saturated heterocycles. The average molecular weight is 411 g/mol. The third-order valence-electron chi connectivity index (χ3n) is 3.73. The smallest absolute Gasteiger partial charge is 0.309 e. The molecule has 0 aliphatic carbocycles. The minimum Gasteiger partial charge on any atom is -0.481 e. The predicted molar refractivity (Wildman–Crippen MR) is 108 cm³/mol. The van der Waals surface area contributed by atoms with Crippen LogP contribution in [-0.4, -0.2) is 47.1 Å². The third-order valence-corrected chi connectivity index (χ3v) is 4.96. The maximum Gasteiger partial charge on any atom is 0.309 e. The number of carboxylic acids is 1. The molecule has 0 spiro atoms. The molecule has 1 aliphatic rings. The van der Waals surface area contributed by atoms with Gasteiger partial charge in [0.2, 0.25) is 12.2 Å². The molecule has 0 radical (unpaired) electrons. The van der Waals surface area contributed by atoms with E-state index in [1.54, 1.807) is 35.3 Å². The number of hydrogen-bond acceptors (Lipinski definition) is 7. The molecule has 27 heavy (non-hydrogen) atoms. The van der Waals surface area contributed by atoms with Gasteiger partial charge in [0.05, 0.1) is 26.9 Å². The second-order valence-electron chi connectivity index (χ2n) is 5.74. The molecule has 0 saturated carbocycles. The number of ether oxygens (including phenoxy) is 1. The Labute approximate surface area is 167 Å². The lowest BCUT2D eigenvalue weighted by Crippen LogP contribution is -2.22. The molecule has 1 unspecified atom stereocenters. The molecule has 9 heteroatoms. The number of carboxylic acid groups (broad SMARTS) is 1. The maximum absolute atomic E-state index is 11.3. The minimum absolute atomic E-state index is 0.144. The Morgan fingerprint density at radius 3 is 2.44 bits per heavy atom. The highest BCUT2D eigenvalue weighted by molar-refractivity contribution is 7.17. The van der Waals surface area contributed by atoms with Gasteiger partial charge in [0.1, 0.15) is 0 Å². The first kappa shape index (κ1) is 21.0. The second kappa shape index (κ2) is 9.05. The van der Waals surface area contributed by atoms with Crippen LogP contribution in [0.25, 0.3) is 5.76 Å². The van der Waals surface area contributed by atoms with E-state index in [0.717, 1.165) is 10.4 Å². The first-order valence-electron chi connectivity index (χ1n) is 8.46. The van der Waals surface area contributed by atoms with E-state index in [-0.39, 0.29) is 6.42 Å². The second-order valence-corrected chi connectivity index (χ2v) is 7.46. The van der Waals surface area contributed by atoms with E-state index < -0.39 is 12.2 Å². The van der Waals surface area contributed by atoms with Crippen LogP contribution in [0.15, 0.2) is 30.2 Å². The first-order valence-corrected chi connectivity index (χ1v) is 9.65. The maximum atomic E-state index is 11.3. The van der Waals surface area contributed by atoms with Gasteiger partial charge in [-0.2, -0.15) is 0 Å². The molecule has 3 heterocycles. The van der Waals surface area contributed by atoms with Gasteiger partial charge in [-0.3, -0.25) is 4.79 Å². The van der Waals surface area contributed by atoms with Crippen LogP contribution in [0.1, 0.15) is 36.9 Å². The van der Waals surface area contributed by atoms with Gasteiger partial charge in [-0.25, -0.2) is 9.97 Å². The predicted octanol–water partition coefficient (Wildman–Crippen LogP) is 4.09. The summed E-state index contributed by atoms with van der Waals surface area (Å²) in [4.78, 5) is 24.3. The highest BCUT2D eigenvalue weighted by Gasteiger charge is 2.34. The van der Waals surface area contributed by atoms with Gasteiger partial charge in [0.15, 0.2) is 5.76 Å². The lowest BCUT2D eigenvalue weighted by atomic mass is 10.2. The molecule has 1 aliphatic heterocycles. The van der Waals surface area contributed by atoms with Crippen molar-refractivity contribution in [2.75, 3.05) is 26.0 Å². The highest BCUT2D eigenvalue weighted by Crippen LogP contribution is 2.43. The molecule has 0 bridgehead atoms. The van der Waals surface area contributed by atoms with E-state index in [1.807, 2.05) is 34.0 Å². The van der Waals surface area contributed by atoms with Crippen LogP contribution in [0.4, 0.5) is 5.95 Å². The summed E-state index contributed by atoms with van der Waals surface area (Å²) in [5.74, 6) is 0.197. The van der Waals surface area contributed by atoms with Crippen molar-refractivity contribution in [3.05, 3.63) is 45.0 Å². The Bertz CT molecular complexity index is 820. The Morgan fingerprint density at radius 2 is 1.96 bits per heavy atom. The summed E-state index contributed by atoms with van der Waals surface area (Å²) in [6.07, 6.45) is 2.74. The largest absolute Gasteiger partial charge is 0.481 e. The van der Waals surface area contributed by atoms with E-state index in [1.165, 1.54) is 11.3 Å². The summed E-state index contributed by atoms with van der Waals surface area (Å²) in [5, 5.41) is 9.25. The summed E-state index contributed by atoms with van der Waals surface area (Å²) in [6, 6.07) is 3.59. The molecule has 2 aromatic heterocycles. The highest BCUT2D eigenvalue weighted by atomic mass is 35.5. The summed E-state index contributed by atoms with van der Waals surface area (Å²) in [6.45, 7) is 4.00. The van der Waals surface area contributed by atoms with Gasteiger partial charge >= 0.3 is 5.97 Å². The zero-order valence-electron chi connectivity index (χ0n) is 15.9. The van der Waals surface area contributed by atoms with Crippen LogP contribution >= 0.6 is 22.9 Å². The van der Waals surface area contributed by atoms with E-state index >= 15 is 0 Å². The number of aromatic nitrogens is 2. The Kier molecular flexibility index (Phi) is 7.04. The van der Waals surface area contributed by atoms with Gasteiger partial charge in [0, 0.05) is 33.5 Å². The van der Waals surface area contributed by atoms with Gasteiger partial charge in [0.25, 0.3) is 0 Å². The van der Waals surface area contributed by atoms with Crippen molar-refractivity contribution in [2.24, 2.45) is 0 Å². The molecule has 0 aromatic carbocycles. The van der Waals surface area contributed by atoms with E-state index in [4.69, 9.17) is 16.3 Å². The van der Waals surface area contributed by atoms with Crippen molar-refractivity contribution in [1.82, 2.24) is 14.9 Å². The molecule has 1 N–H and O–H groups in total. The lowest BCUT2D eigenvalue weighted by Gasteiger charge is -2.22. The standard InChI is InChI=1S/C16H17ClN4O3S.C2H6/c1-20(2)16-18-7-9(8-19-16)15-21(3)10(6-13(22)23)14(24-15)11-4-5-12(17)25-11;1-2/h4-5,7-8,15H,6H2,1-3H3,(H,22,23);1-2H3. The third kappa shape index (κ3) is 4.70. The fraction of sp³-hybridized carbons (Fsp3) is 0.389. The van der Waals surface area contributed by atoms with Crippen LogP contribution in [-0.2, 0) is 9.53 Å². The van der Waals surface area contributed by atoms with Crippen molar-refractivity contribution >= 4 is 40.6 Å². The van der Waals surface area contributed by atoms with E-state index in [9.17, 15) is 9.90 Å². The first-order chi connectivity index (χ1) is 12.9. The quantitative estimate of drug-likeness (QED) is 0.795. The fourth-order valence-electron chi connectivity index (χ4n) is 2.53. The van der Waals surface area contributed by atoms with Gasteiger partial charge in [-0.1, -0.05) is 25.4 Å². The van der Waals surface area contributed by atoms with Crippen molar-refractivity contribution in [3.8, 4) is 0 Å². The minimum atomic E-state index is -0.926. The monoisotopic (exact) mass is 410 g/mol. The van der Waals surface area contributed by atoms with E-state index in [0.29, 0.717) is 21.7 Å². The Balaban J connectivity index is 0.00000126. The molecular formula is C18H23ClN4O3S. The number of thiophene rings is 1. The lowest BCUT2D eigenvalue weighted by molar-refractivity contribution is -0.136. The SMILES string of the molecule is CC.CN(C)c1ncc(C2OC(c3ccc(Cl)s3)=C(CC(=O)O)N2C)cn1. The number of carbonyl (C=O) groups is 1. The Hall–Kier alpha value is -2.32. The molecule has 146 valence electrons. The fourth-order valence-corrected chi connectivity index (χ4v) is 3.58. The number of anilines is 1. The van der Waals surface area contributed by atoms with Gasteiger partial charge in [-0.05, 0) is 12.1 Å². The number of hydrogen-bond donors (Lipinski definition) is 1. The van der Waals surface area contributed by atoms with Crippen LogP contribution in [0.2, 0.25) is 4.34 Å². The van der Waals surface area contributed by atoms with Crippen LogP contribution in [0, 0.1) is 0 Å². The van der Waals surface area contributed by atoms with Crippen molar-refractivity contribution < 1.29 is 14.6 Å². The van der Waals surface area contributed by atoms with Crippen LogP contribution in [0.3, 0.4) is 0 Å².